The Morgan fingerprint density at radius 3 is 2.00 bits per heavy atom. The lowest BCUT2D eigenvalue weighted by atomic mass is 10.2. The highest BCUT2D eigenvalue weighted by Crippen LogP contribution is 2.22. The highest BCUT2D eigenvalue weighted by atomic mass is 32.2. The van der Waals surface area contributed by atoms with Gasteiger partial charge in [0.15, 0.2) is 15.9 Å². The van der Waals surface area contributed by atoms with Crippen LogP contribution in [0.25, 0.3) is 0 Å². The average Bonchev–Trinajstić information content (AvgIpc) is 2.75. The number of sulfone groups is 1. The zero-order valence-corrected chi connectivity index (χ0v) is 17.8. The number of anilines is 1. The summed E-state index contributed by atoms with van der Waals surface area (Å²) in [5.41, 5.74) is 0.667. The second-order valence-corrected chi connectivity index (χ2v) is 8.79. The molecule has 0 unspecified atom stereocenters. The lowest BCUT2D eigenvalue weighted by Crippen LogP contribution is -2.30. The average molecular weight is 439 g/mol. The molecule has 7 nitrogen and oxygen atoms in total. The Morgan fingerprint density at radius 1 is 0.839 bits per heavy atom. The minimum atomic E-state index is -3.36. The van der Waals surface area contributed by atoms with Crippen molar-refractivity contribution in [1.82, 2.24) is 0 Å². The van der Waals surface area contributed by atoms with E-state index in [9.17, 15) is 18.0 Å². The van der Waals surface area contributed by atoms with Crippen LogP contribution in [0.5, 0.6) is 11.5 Å². The number of benzene rings is 3. The molecular weight excluding hydrogens is 418 g/mol. The molecule has 31 heavy (non-hydrogen) atoms. The molecule has 0 spiro atoms. The first-order chi connectivity index (χ1) is 14.7. The quantitative estimate of drug-likeness (QED) is 0.557. The van der Waals surface area contributed by atoms with E-state index in [1.54, 1.807) is 24.3 Å². The number of esters is 1. The fourth-order valence-electron chi connectivity index (χ4n) is 2.60. The van der Waals surface area contributed by atoms with Crippen molar-refractivity contribution in [1.29, 1.82) is 0 Å². The number of nitrogens with one attached hydrogen (secondary N) is 1. The van der Waals surface area contributed by atoms with Gasteiger partial charge in [0, 0.05) is 11.9 Å². The van der Waals surface area contributed by atoms with Crippen LogP contribution in [0.15, 0.2) is 83.8 Å². The van der Waals surface area contributed by atoms with Crippen molar-refractivity contribution < 1.29 is 27.5 Å². The third-order valence-corrected chi connectivity index (χ3v) is 5.40. The summed E-state index contributed by atoms with van der Waals surface area (Å²) in [5.74, 6) is 0.0812. The van der Waals surface area contributed by atoms with Gasteiger partial charge in [-0.3, -0.25) is 4.79 Å². The van der Waals surface area contributed by atoms with Gasteiger partial charge in [-0.2, -0.15) is 0 Å². The standard InChI is InChI=1S/C23H21NO6S/c1-16(29-23(26)17-8-14-21(15-9-17)31(2,27)28)22(25)24-18-10-12-20(13-11-18)30-19-6-4-3-5-7-19/h3-16H,1-2H3,(H,24,25)/t16-/m1/s1. The predicted octanol–water partition coefficient (Wildman–Crippen LogP) is 4.07. The Bertz CT molecular complexity index is 1160. The van der Waals surface area contributed by atoms with Crippen LogP contribution in [0.4, 0.5) is 5.69 Å². The first kappa shape index (κ1) is 22.0. The summed E-state index contributed by atoms with van der Waals surface area (Å²) in [6, 6.07) is 21.4. The zero-order valence-electron chi connectivity index (χ0n) is 16.9. The molecular formula is C23H21NO6S. The highest BCUT2D eigenvalue weighted by Gasteiger charge is 2.19. The molecule has 0 heterocycles. The summed E-state index contributed by atoms with van der Waals surface area (Å²) in [7, 11) is -3.36. The number of hydrogen-bond acceptors (Lipinski definition) is 6. The molecule has 0 aliphatic rings. The van der Waals surface area contributed by atoms with Gasteiger partial charge in [0.25, 0.3) is 5.91 Å². The maximum Gasteiger partial charge on any atom is 0.338 e. The number of amides is 1. The van der Waals surface area contributed by atoms with E-state index in [-0.39, 0.29) is 10.5 Å². The lowest BCUT2D eigenvalue weighted by Gasteiger charge is -2.14. The number of ether oxygens (including phenoxy) is 2. The molecule has 0 fully saturated rings. The van der Waals surface area contributed by atoms with Crippen LogP contribution in [-0.4, -0.2) is 32.7 Å². The molecule has 3 rings (SSSR count). The number of carbonyl (C=O) groups is 2. The predicted molar refractivity (Wildman–Crippen MR) is 116 cm³/mol. The van der Waals surface area contributed by atoms with Crippen LogP contribution in [0.2, 0.25) is 0 Å². The van der Waals surface area contributed by atoms with Crippen LogP contribution in [0.3, 0.4) is 0 Å². The molecule has 3 aromatic rings. The van der Waals surface area contributed by atoms with Gasteiger partial charge in [0.2, 0.25) is 0 Å². The van der Waals surface area contributed by atoms with E-state index >= 15 is 0 Å². The van der Waals surface area contributed by atoms with Gasteiger partial charge < -0.3 is 14.8 Å². The second-order valence-electron chi connectivity index (χ2n) is 6.77. The molecule has 0 aliphatic heterocycles. The molecule has 8 heteroatoms. The molecule has 1 N–H and O–H groups in total. The third-order valence-electron chi connectivity index (χ3n) is 4.27. The first-order valence-electron chi connectivity index (χ1n) is 9.37. The van der Waals surface area contributed by atoms with E-state index in [1.807, 2.05) is 30.3 Å². The fraction of sp³-hybridized carbons (Fsp3) is 0.130. The van der Waals surface area contributed by atoms with Gasteiger partial charge in [-0.1, -0.05) is 18.2 Å². The number of rotatable bonds is 7. The molecule has 0 saturated heterocycles. The van der Waals surface area contributed by atoms with E-state index < -0.39 is 27.8 Å². The molecule has 1 atom stereocenters. The summed E-state index contributed by atoms with van der Waals surface area (Å²) < 4.78 is 33.9. The SMILES string of the molecule is C[C@@H](OC(=O)c1ccc(S(C)(=O)=O)cc1)C(=O)Nc1ccc(Oc2ccccc2)cc1. The van der Waals surface area contributed by atoms with Crippen molar-refractivity contribution in [3.8, 4) is 11.5 Å². The normalized spacial score (nSPS) is 11.9. The molecule has 0 aliphatic carbocycles. The van der Waals surface area contributed by atoms with Gasteiger partial charge in [-0.15, -0.1) is 0 Å². The van der Waals surface area contributed by atoms with Crippen molar-refractivity contribution in [2.75, 3.05) is 11.6 Å². The van der Waals surface area contributed by atoms with Crippen molar-refractivity contribution in [3.05, 3.63) is 84.4 Å². The smallest absolute Gasteiger partial charge is 0.338 e. The Hall–Kier alpha value is -3.65. The number of para-hydroxylation sites is 1. The molecule has 0 saturated carbocycles. The minimum Gasteiger partial charge on any atom is -0.457 e. The van der Waals surface area contributed by atoms with Gasteiger partial charge in [-0.25, -0.2) is 13.2 Å². The lowest BCUT2D eigenvalue weighted by molar-refractivity contribution is -0.123. The Kier molecular flexibility index (Phi) is 6.71. The molecule has 0 aromatic heterocycles. The molecule has 160 valence electrons. The Balaban J connectivity index is 1.55. The van der Waals surface area contributed by atoms with Crippen molar-refractivity contribution in [3.63, 3.8) is 0 Å². The van der Waals surface area contributed by atoms with Crippen LogP contribution in [0, 0.1) is 0 Å². The fourth-order valence-corrected chi connectivity index (χ4v) is 3.23. The third kappa shape index (κ3) is 6.16. The van der Waals surface area contributed by atoms with Gasteiger partial charge in [0.1, 0.15) is 11.5 Å². The molecule has 0 radical (unpaired) electrons. The van der Waals surface area contributed by atoms with Crippen molar-refractivity contribution in [2.24, 2.45) is 0 Å². The zero-order chi connectivity index (χ0) is 22.4. The summed E-state index contributed by atoms with van der Waals surface area (Å²) in [4.78, 5) is 24.7. The maximum absolute atomic E-state index is 12.3. The molecule has 0 bridgehead atoms. The summed E-state index contributed by atoms with van der Waals surface area (Å²) in [5, 5.41) is 2.67. The van der Waals surface area contributed by atoms with Crippen molar-refractivity contribution >= 4 is 27.4 Å². The topological polar surface area (TPSA) is 98.8 Å². The van der Waals surface area contributed by atoms with Crippen LogP contribution in [-0.2, 0) is 19.4 Å². The monoisotopic (exact) mass is 439 g/mol. The van der Waals surface area contributed by atoms with Crippen molar-refractivity contribution in [2.45, 2.75) is 17.9 Å². The van der Waals surface area contributed by atoms with E-state index in [0.29, 0.717) is 17.2 Å². The first-order valence-corrected chi connectivity index (χ1v) is 11.3. The Labute approximate surface area is 180 Å². The van der Waals surface area contributed by atoms with E-state index in [4.69, 9.17) is 9.47 Å². The van der Waals surface area contributed by atoms with E-state index in [2.05, 4.69) is 5.32 Å². The second kappa shape index (κ2) is 9.44. The van der Waals surface area contributed by atoms with Gasteiger partial charge in [-0.05, 0) is 67.6 Å². The number of carbonyl (C=O) groups excluding carboxylic acids is 2. The Morgan fingerprint density at radius 2 is 1.42 bits per heavy atom. The highest BCUT2D eigenvalue weighted by molar-refractivity contribution is 7.90. The van der Waals surface area contributed by atoms with Crippen LogP contribution >= 0.6 is 0 Å². The summed E-state index contributed by atoms with van der Waals surface area (Å²) in [6.45, 7) is 1.45. The maximum atomic E-state index is 12.3. The van der Waals surface area contributed by atoms with Gasteiger partial charge >= 0.3 is 5.97 Å². The molecule has 1 amide bonds. The van der Waals surface area contributed by atoms with E-state index in [0.717, 1.165) is 6.26 Å². The molecule has 3 aromatic carbocycles. The van der Waals surface area contributed by atoms with Gasteiger partial charge in [0.05, 0.1) is 10.5 Å². The summed E-state index contributed by atoms with van der Waals surface area (Å²) in [6.07, 6.45) is 0.0231. The van der Waals surface area contributed by atoms with Crippen LogP contribution < -0.4 is 10.1 Å². The minimum absolute atomic E-state index is 0.0922. The largest absolute Gasteiger partial charge is 0.457 e. The summed E-state index contributed by atoms with van der Waals surface area (Å²) >= 11 is 0. The van der Waals surface area contributed by atoms with E-state index in [1.165, 1.54) is 31.2 Å². The van der Waals surface area contributed by atoms with Crippen LogP contribution in [0.1, 0.15) is 17.3 Å². The number of hydrogen-bond donors (Lipinski definition) is 1.